The maximum atomic E-state index is 12.0. The van der Waals surface area contributed by atoms with Gasteiger partial charge in [0.1, 0.15) is 11.8 Å². The molecule has 2 rings (SSSR count). The van der Waals surface area contributed by atoms with Crippen LogP contribution in [0.15, 0.2) is 22.8 Å². The first kappa shape index (κ1) is 11.7. The lowest BCUT2D eigenvalue weighted by molar-refractivity contribution is -0.140. The first-order chi connectivity index (χ1) is 8.22. The number of nitrogens with zero attached hydrogens (tertiary/aromatic N) is 3. The Morgan fingerprint density at radius 3 is 3.06 bits per heavy atom. The van der Waals surface area contributed by atoms with Gasteiger partial charge in [0.25, 0.3) is 0 Å². The van der Waals surface area contributed by atoms with Crippen LogP contribution in [0.2, 0.25) is 0 Å². The second-order valence-corrected chi connectivity index (χ2v) is 4.19. The SMILES string of the molecule is CN1CCN(Cc2ccco2)C(CC#N)C1=O. The molecule has 1 aromatic rings. The lowest BCUT2D eigenvalue weighted by Gasteiger charge is -2.37. The van der Waals surface area contributed by atoms with Gasteiger partial charge in [-0.05, 0) is 12.1 Å². The fraction of sp³-hybridized carbons (Fsp3) is 0.500. The van der Waals surface area contributed by atoms with E-state index in [2.05, 4.69) is 6.07 Å². The number of rotatable bonds is 3. The predicted octanol–water partition coefficient (Wildman–Crippen LogP) is 0.836. The third kappa shape index (κ3) is 2.48. The minimum Gasteiger partial charge on any atom is -0.468 e. The second-order valence-electron chi connectivity index (χ2n) is 4.19. The van der Waals surface area contributed by atoms with E-state index in [4.69, 9.17) is 9.68 Å². The van der Waals surface area contributed by atoms with E-state index in [-0.39, 0.29) is 18.4 Å². The fourth-order valence-corrected chi connectivity index (χ4v) is 2.05. The standard InChI is InChI=1S/C12H15N3O2/c1-14-6-7-15(9-10-3-2-8-17-10)11(4-5-13)12(14)16/h2-3,8,11H,4,6-7,9H2,1H3. The molecule has 1 aromatic heterocycles. The third-order valence-electron chi connectivity index (χ3n) is 3.05. The van der Waals surface area contributed by atoms with Gasteiger partial charge in [-0.25, -0.2) is 0 Å². The summed E-state index contributed by atoms with van der Waals surface area (Å²) in [7, 11) is 1.77. The molecule has 0 N–H and O–H groups in total. The Morgan fingerprint density at radius 2 is 2.41 bits per heavy atom. The Hall–Kier alpha value is -1.80. The number of hydrogen-bond donors (Lipinski definition) is 0. The Balaban J connectivity index is 2.09. The molecule has 1 atom stereocenters. The van der Waals surface area contributed by atoms with Gasteiger partial charge in [0.2, 0.25) is 5.91 Å². The first-order valence-corrected chi connectivity index (χ1v) is 5.60. The van der Waals surface area contributed by atoms with Crippen molar-refractivity contribution in [3.8, 4) is 6.07 Å². The van der Waals surface area contributed by atoms with Crippen molar-refractivity contribution in [1.29, 1.82) is 5.26 Å². The predicted molar refractivity (Wildman–Crippen MR) is 60.8 cm³/mol. The number of hydrogen-bond acceptors (Lipinski definition) is 4. The van der Waals surface area contributed by atoms with Gasteiger partial charge < -0.3 is 9.32 Å². The Kier molecular flexibility index (Phi) is 3.45. The summed E-state index contributed by atoms with van der Waals surface area (Å²) in [6.07, 6.45) is 1.84. The molecule has 0 bridgehead atoms. The molecule has 5 heteroatoms. The van der Waals surface area contributed by atoms with Gasteiger partial charge in [-0.3, -0.25) is 9.69 Å². The highest BCUT2D eigenvalue weighted by molar-refractivity contribution is 5.82. The van der Waals surface area contributed by atoms with Crippen molar-refractivity contribution < 1.29 is 9.21 Å². The highest BCUT2D eigenvalue weighted by Crippen LogP contribution is 2.16. The van der Waals surface area contributed by atoms with E-state index in [1.165, 1.54) is 0 Å². The molecule has 1 unspecified atom stereocenters. The first-order valence-electron chi connectivity index (χ1n) is 5.60. The van der Waals surface area contributed by atoms with Crippen LogP contribution in [0.4, 0.5) is 0 Å². The van der Waals surface area contributed by atoms with E-state index < -0.39 is 0 Å². The molecule has 0 aromatic carbocycles. The van der Waals surface area contributed by atoms with E-state index in [0.717, 1.165) is 12.3 Å². The summed E-state index contributed by atoms with van der Waals surface area (Å²) in [5.74, 6) is 0.842. The average Bonchev–Trinajstić information content (AvgIpc) is 2.81. The molecular weight excluding hydrogens is 218 g/mol. The van der Waals surface area contributed by atoms with Crippen molar-refractivity contribution in [1.82, 2.24) is 9.80 Å². The van der Waals surface area contributed by atoms with Crippen molar-refractivity contribution in [2.45, 2.75) is 19.0 Å². The van der Waals surface area contributed by atoms with Crippen LogP contribution in [0.1, 0.15) is 12.2 Å². The molecule has 17 heavy (non-hydrogen) atoms. The Morgan fingerprint density at radius 1 is 1.59 bits per heavy atom. The fourth-order valence-electron chi connectivity index (χ4n) is 2.05. The van der Waals surface area contributed by atoms with Gasteiger partial charge in [-0.1, -0.05) is 0 Å². The highest BCUT2D eigenvalue weighted by atomic mass is 16.3. The van der Waals surface area contributed by atoms with E-state index >= 15 is 0 Å². The highest BCUT2D eigenvalue weighted by Gasteiger charge is 2.33. The molecule has 0 aliphatic carbocycles. The minimum atomic E-state index is -0.344. The molecule has 1 aliphatic rings. The normalized spacial score (nSPS) is 21.5. The molecular formula is C12H15N3O2. The number of amides is 1. The average molecular weight is 233 g/mol. The maximum absolute atomic E-state index is 12.0. The Bertz CT molecular complexity index is 421. The van der Waals surface area contributed by atoms with Crippen molar-refractivity contribution in [3.63, 3.8) is 0 Å². The number of nitriles is 1. The number of carbonyl (C=O) groups excluding carboxylic acids is 1. The molecule has 1 amide bonds. The van der Waals surface area contributed by atoms with E-state index in [0.29, 0.717) is 13.1 Å². The van der Waals surface area contributed by atoms with Gasteiger partial charge in [0.05, 0.1) is 25.3 Å². The second kappa shape index (κ2) is 5.02. The number of piperazine rings is 1. The van der Waals surface area contributed by atoms with Crippen molar-refractivity contribution in [2.75, 3.05) is 20.1 Å². The lowest BCUT2D eigenvalue weighted by atomic mass is 10.1. The molecule has 1 aliphatic heterocycles. The molecule has 90 valence electrons. The van der Waals surface area contributed by atoms with Gasteiger partial charge in [0.15, 0.2) is 0 Å². The van der Waals surface area contributed by atoms with Gasteiger partial charge in [-0.2, -0.15) is 5.26 Å². The monoisotopic (exact) mass is 233 g/mol. The zero-order valence-corrected chi connectivity index (χ0v) is 9.80. The summed E-state index contributed by atoms with van der Waals surface area (Å²) < 4.78 is 5.28. The molecule has 1 fully saturated rings. The van der Waals surface area contributed by atoms with Crippen LogP contribution in [0.3, 0.4) is 0 Å². The van der Waals surface area contributed by atoms with Crippen molar-refractivity contribution >= 4 is 5.91 Å². The van der Waals surface area contributed by atoms with Crippen LogP contribution in [-0.4, -0.2) is 41.9 Å². The van der Waals surface area contributed by atoms with Crippen LogP contribution >= 0.6 is 0 Å². The van der Waals surface area contributed by atoms with Crippen molar-refractivity contribution in [3.05, 3.63) is 24.2 Å². The lowest BCUT2D eigenvalue weighted by Crippen LogP contribution is -2.55. The zero-order valence-electron chi connectivity index (χ0n) is 9.80. The van der Waals surface area contributed by atoms with Crippen LogP contribution < -0.4 is 0 Å². The summed E-state index contributed by atoms with van der Waals surface area (Å²) in [5.41, 5.74) is 0. The summed E-state index contributed by atoms with van der Waals surface area (Å²) in [4.78, 5) is 15.6. The molecule has 0 saturated carbocycles. The summed E-state index contributed by atoms with van der Waals surface area (Å²) in [6, 6.07) is 5.44. The smallest absolute Gasteiger partial charge is 0.240 e. The zero-order chi connectivity index (χ0) is 12.3. The largest absolute Gasteiger partial charge is 0.468 e. The molecule has 1 saturated heterocycles. The third-order valence-corrected chi connectivity index (χ3v) is 3.05. The molecule has 2 heterocycles. The Labute approximate surface area is 100 Å². The molecule has 5 nitrogen and oxygen atoms in total. The number of furan rings is 1. The topological polar surface area (TPSA) is 60.5 Å². The van der Waals surface area contributed by atoms with Crippen LogP contribution in [0, 0.1) is 11.3 Å². The van der Waals surface area contributed by atoms with E-state index in [1.54, 1.807) is 18.2 Å². The van der Waals surface area contributed by atoms with Crippen LogP contribution in [-0.2, 0) is 11.3 Å². The summed E-state index contributed by atoms with van der Waals surface area (Å²) in [5, 5.41) is 8.80. The number of carbonyl (C=O) groups is 1. The number of likely N-dealkylation sites (N-methyl/N-ethyl adjacent to an activating group) is 1. The van der Waals surface area contributed by atoms with Crippen molar-refractivity contribution in [2.24, 2.45) is 0 Å². The van der Waals surface area contributed by atoms with Gasteiger partial charge in [-0.15, -0.1) is 0 Å². The van der Waals surface area contributed by atoms with E-state index in [9.17, 15) is 4.79 Å². The molecule has 0 spiro atoms. The maximum Gasteiger partial charge on any atom is 0.240 e. The van der Waals surface area contributed by atoms with E-state index in [1.807, 2.05) is 17.0 Å². The van der Waals surface area contributed by atoms with Gasteiger partial charge >= 0.3 is 0 Å². The quantitative estimate of drug-likeness (QED) is 0.776. The summed E-state index contributed by atoms with van der Waals surface area (Å²) >= 11 is 0. The minimum absolute atomic E-state index is 0.0179. The molecule has 0 radical (unpaired) electrons. The van der Waals surface area contributed by atoms with Crippen LogP contribution in [0.5, 0.6) is 0 Å². The van der Waals surface area contributed by atoms with Crippen LogP contribution in [0.25, 0.3) is 0 Å². The summed E-state index contributed by atoms with van der Waals surface area (Å²) in [6.45, 7) is 2.05. The van der Waals surface area contributed by atoms with Gasteiger partial charge in [0, 0.05) is 20.1 Å².